The molecule has 1 aromatic carbocycles. The third kappa shape index (κ3) is 3.36. The lowest BCUT2D eigenvalue weighted by atomic mass is 9.95. The van der Waals surface area contributed by atoms with E-state index in [1.54, 1.807) is 31.3 Å². The van der Waals surface area contributed by atoms with Crippen molar-refractivity contribution in [3.8, 4) is 0 Å². The molecule has 2 atom stereocenters. The topological polar surface area (TPSA) is 70.2 Å². The normalized spacial score (nSPS) is 22.1. The first-order valence-electron chi connectivity index (χ1n) is 6.95. The van der Waals surface area contributed by atoms with E-state index in [1.807, 2.05) is 0 Å². The number of carbonyl (C=O) groups is 2. The van der Waals surface area contributed by atoms with Crippen molar-refractivity contribution < 1.29 is 9.59 Å². The molecule has 0 saturated carbocycles. The fourth-order valence-electron chi connectivity index (χ4n) is 2.43. The van der Waals surface area contributed by atoms with E-state index < -0.39 is 0 Å². The molecule has 0 radical (unpaired) electrons. The van der Waals surface area contributed by atoms with E-state index in [-0.39, 0.29) is 17.9 Å². The van der Waals surface area contributed by atoms with Crippen molar-refractivity contribution in [1.82, 2.24) is 16.0 Å². The average Bonchev–Trinajstić information content (AvgIpc) is 2.49. The molecule has 0 spiro atoms. The minimum absolute atomic E-state index is 0.116. The van der Waals surface area contributed by atoms with Crippen LogP contribution in [0.2, 0.25) is 0 Å². The summed E-state index contributed by atoms with van der Waals surface area (Å²) in [6.45, 7) is 3.97. The molecule has 1 aliphatic heterocycles. The highest BCUT2D eigenvalue weighted by Crippen LogP contribution is 2.12. The van der Waals surface area contributed by atoms with Crippen molar-refractivity contribution >= 4 is 11.8 Å². The van der Waals surface area contributed by atoms with Gasteiger partial charge in [0.2, 0.25) is 0 Å². The molecule has 1 fully saturated rings. The lowest BCUT2D eigenvalue weighted by molar-refractivity contribution is 0.0914. The van der Waals surface area contributed by atoms with Crippen LogP contribution in [-0.4, -0.2) is 38.0 Å². The van der Waals surface area contributed by atoms with Gasteiger partial charge < -0.3 is 16.0 Å². The Bertz CT molecular complexity index is 502. The average molecular weight is 275 g/mol. The quantitative estimate of drug-likeness (QED) is 0.763. The lowest BCUT2D eigenvalue weighted by Gasteiger charge is -2.30. The van der Waals surface area contributed by atoms with Crippen molar-refractivity contribution in [3.05, 3.63) is 35.4 Å². The van der Waals surface area contributed by atoms with Gasteiger partial charge in [0.1, 0.15) is 0 Å². The van der Waals surface area contributed by atoms with Gasteiger partial charge in [0.05, 0.1) is 0 Å². The third-order valence-electron chi connectivity index (χ3n) is 3.72. The molecular weight excluding hydrogens is 254 g/mol. The molecule has 108 valence electrons. The van der Waals surface area contributed by atoms with Gasteiger partial charge in [-0.15, -0.1) is 0 Å². The van der Waals surface area contributed by atoms with Gasteiger partial charge in [0.25, 0.3) is 11.8 Å². The summed E-state index contributed by atoms with van der Waals surface area (Å²) in [4.78, 5) is 23.8. The number of nitrogens with one attached hydrogen (secondary N) is 3. The number of rotatable bonds is 3. The summed E-state index contributed by atoms with van der Waals surface area (Å²) in [5.41, 5.74) is 1.02. The van der Waals surface area contributed by atoms with Crippen LogP contribution in [0.1, 0.15) is 34.1 Å². The zero-order chi connectivity index (χ0) is 14.5. The number of benzene rings is 1. The highest BCUT2D eigenvalue weighted by atomic mass is 16.2. The maximum atomic E-state index is 12.3. The second kappa shape index (κ2) is 6.52. The molecule has 20 heavy (non-hydrogen) atoms. The molecule has 0 aliphatic carbocycles. The maximum Gasteiger partial charge on any atom is 0.251 e. The highest BCUT2D eigenvalue weighted by molar-refractivity contribution is 5.99. The van der Waals surface area contributed by atoms with E-state index in [2.05, 4.69) is 22.9 Å². The molecule has 1 aromatic rings. The summed E-state index contributed by atoms with van der Waals surface area (Å²) in [5, 5.41) is 8.92. The van der Waals surface area contributed by atoms with Gasteiger partial charge in [0, 0.05) is 24.2 Å². The van der Waals surface area contributed by atoms with Crippen LogP contribution in [-0.2, 0) is 0 Å². The van der Waals surface area contributed by atoms with Crippen molar-refractivity contribution in [2.45, 2.75) is 19.4 Å². The van der Waals surface area contributed by atoms with Crippen LogP contribution in [0.5, 0.6) is 0 Å². The van der Waals surface area contributed by atoms with Gasteiger partial charge in [-0.2, -0.15) is 0 Å². The van der Waals surface area contributed by atoms with E-state index in [1.165, 1.54) is 0 Å². The molecule has 0 aromatic heterocycles. The number of carbonyl (C=O) groups excluding carboxylic acids is 2. The van der Waals surface area contributed by atoms with Crippen LogP contribution >= 0.6 is 0 Å². The van der Waals surface area contributed by atoms with Gasteiger partial charge in [-0.1, -0.05) is 13.0 Å². The predicted molar refractivity (Wildman–Crippen MR) is 77.7 cm³/mol. The molecule has 2 unspecified atom stereocenters. The van der Waals surface area contributed by atoms with Gasteiger partial charge >= 0.3 is 0 Å². The van der Waals surface area contributed by atoms with Crippen LogP contribution < -0.4 is 16.0 Å². The fraction of sp³-hybridized carbons (Fsp3) is 0.467. The Morgan fingerprint density at radius 1 is 1.25 bits per heavy atom. The van der Waals surface area contributed by atoms with Gasteiger partial charge in [-0.25, -0.2) is 0 Å². The summed E-state index contributed by atoms with van der Waals surface area (Å²) >= 11 is 0. The smallest absolute Gasteiger partial charge is 0.251 e. The predicted octanol–water partition coefficient (Wildman–Crippen LogP) is 0.774. The van der Waals surface area contributed by atoms with E-state index in [4.69, 9.17) is 0 Å². The minimum Gasteiger partial charge on any atom is -0.355 e. The van der Waals surface area contributed by atoms with E-state index in [9.17, 15) is 9.59 Å². The molecule has 5 nitrogen and oxygen atoms in total. The molecule has 1 aliphatic rings. The second-order valence-corrected chi connectivity index (χ2v) is 5.21. The van der Waals surface area contributed by atoms with Crippen molar-refractivity contribution in [2.24, 2.45) is 5.92 Å². The summed E-state index contributed by atoms with van der Waals surface area (Å²) in [6, 6.07) is 6.97. The summed E-state index contributed by atoms with van der Waals surface area (Å²) in [7, 11) is 1.58. The molecule has 3 N–H and O–H groups in total. The van der Waals surface area contributed by atoms with Crippen LogP contribution in [0.3, 0.4) is 0 Å². The molecule has 0 bridgehead atoms. The SMILES string of the molecule is CNC(=O)c1cccc(C(=O)NC2CCNCC2C)c1. The largest absolute Gasteiger partial charge is 0.355 e. The lowest BCUT2D eigenvalue weighted by Crippen LogP contribution is -2.48. The monoisotopic (exact) mass is 275 g/mol. The summed E-state index contributed by atoms with van der Waals surface area (Å²) in [5.74, 6) is 0.110. The Balaban J connectivity index is 2.07. The first kappa shape index (κ1) is 14.5. The molecule has 1 saturated heterocycles. The Morgan fingerprint density at radius 2 is 1.95 bits per heavy atom. The molecule has 1 heterocycles. The summed E-state index contributed by atoms with van der Waals surface area (Å²) in [6.07, 6.45) is 0.933. The van der Waals surface area contributed by atoms with Gasteiger partial charge in [-0.3, -0.25) is 9.59 Å². The number of hydrogen-bond donors (Lipinski definition) is 3. The van der Waals surface area contributed by atoms with Crippen LogP contribution in [0, 0.1) is 5.92 Å². The summed E-state index contributed by atoms with van der Waals surface area (Å²) < 4.78 is 0. The molecule has 2 amide bonds. The Kier molecular flexibility index (Phi) is 4.74. The van der Waals surface area contributed by atoms with Gasteiger partial charge in [-0.05, 0) is 43.6 Å². The van der Waals surface area contributed by atoms with Crippen molar-refractivity contribution in [2.75, 3.05) is 20.1 Å². The Labute approximate surface area is 119 Å². The van der Waals surface area contributed by atoms with Crippen molar-refractivity contribution in [3.63, 3.8) is 0 Å². The molecular formula is C15H21N3O2. The standard InChI is InChI=1S/C15H21N3O2/c1-10-9-17-7-6-13(10)18-15(20)12-5-3-4-11(8-12)14(19)16-2/h3-5,8,10,13,17H,6-7,9H2,1-2H3,(H,16,19)(H,18,20). The Morgan fingerprint density at radius 3 is 2.60 bits per heavy atom. The fourth-order valence-corrected chi connectivity index (χ4v) is 2.43. The molecule has 5 heteroatoms. The van der Waals surface area contributed by atoms with Gasteiger partial charge in [0.15, 0.2) is 0 Å². The second-order valence-electron chi connectivity index (χ2n) is 5.21. The number of piperidine rings is 1. The number of hydrogen-bond acceptors (Lipinski definition) is 3. The zero-order valence-corrected chi connectivity index (χ0v) is 11.9. The molecule has 2 rings (SSSR count). The highest BCUT2D eigenvalue weighted by Gasteiger charge is 2.23. The van der Waals surface area contributed by atoms with Crippen LogP contribution in [0.25, 0.3) is 0 Å². The zero-order valence-electron chi connectivity index (χ0n) is 11.9. The number of amides is 2. The first-order valence-corrected chi connectivity index (χ1v) is 6.95. The Hall–Kier alpha value is -1.88. The third-order valence-corrected chi connectivity index (χ3v) is 3.72. The van der Waals surface area contributed by atoms with E-state index in [0.717, 1.165) is 19.5 Å². The van der Waals surface area contributed by atoms with E-state index >= 15 is 0 Å². The first-order chi connectivity index (χ1) is 9.61. The van der Waals surface area contributed by atoms with E-state index in [0.29, 0.717) is 17.0 Å². The van der Waals surface area contributed by atoms with Crippen LogP contribution in [0.4, 0.5) is 0 Å². The van der Waals surface area contributed by atoms with Crippen LogP contribution in [0.15, 0.2) is 24.3 Å². The van der Waals surface area contributed by atoms with Crippen molar-refractivity contribution in [1.29, 1.82) is 0 Å². The minimum atomic E-state index is -0.185. The maximum absolute atomic E-state index is 12.3.